The van der Waals surface area contributed by atoms with E-state index in [0.717, 1.165) is 79.2 Å². The van der Waals surface area contributed by atoms with Gasteiger partial charge in [-0.05, 0) is 84.8 Å². The van der Waals surface area contributed by atoms with E-state index in [2.05, 4.69) is 104 Å². The molecule has 9 nitrogen and oxygen atoms in total. The van der Waals surface area contributed by atoms with E-state index in [4.69, 9.17) is 37.7 Å². The van der Waals surface area contributed by atoms with Crippen molar-refractivity contribution in [3.63, 3.8) is 0 Å². The number of hydrogen-bond donors (Lipinski definition) is 2. The normalized spacial score (nSPS) is 19.2. The van der Waals surface area contributed by atoms with Crippen LogP contribution in [0.15, 0.2) is 164 Å². The molecule has 2 N–H and O–H groups in total. The molecule has 0 bridgehead atoms. The van der Waals surface area contributed by atoms with Crippen molar-refractivity contribution in [2.75, 3.05) is 6.16 Å². The summed E-state index contributed by atoms with van der Waals surface area (Å²) < 4.78 is 54.5. The molecule has 0 spiro atoms. The Labute approximate surface area is 467 Å². The summed E-state index contributed by atoms with van der Waals surface area (Å²) in [6.07, 6.45) is 23.6. The van der Waals surface area contributed by atoms with E-state index in [0.29, 0.717) is 39.5 Å². The van der Waals surface area contributed by atoms with E-state index in [1.165, 1.54) is 70.6 Å². The first-order valence-corrected chi connectivity index (χ1v) is 31.8. The zero-order valence-corrected chi connectivity index (χ0v) is 47.8. The Bertz CT molecular complexity index is 2190. The zero-order valence-electron chi connectivity index (χ0n) is 46.1. The molecule has 1 aliphatic rings. The summed E-state index contributed by atoms with van der Waals surface area (Å²) in [5.41, 5.74) is 5.29. The molecular formula is C66H91O9PS. The maximum absolute atomic E-state index is 11.1. The third-order valence-electron chi connectivity index (χ3n) is 14.4. The maximum atomic E-state index is 11.1. The minimum atomic E-state index is -3.86. The Hall–Kier alpha value is -3.90. The second-order valence-electron chi connectivity index (χ2n) is 20.9. The van der Waals surface area contributed by atoms with Crippen molar-refractivity contribution in [3.05, 3.63) is 192 Å². The first kappa shape index (κ1) is 62.3. The fourth-order valence-corrected chi connectivity index (χ4v) is 11.7. The molecule has 0 amide bonds. The van der Waals surface area contributed by atoms with Crippen LogP contribution in [-0.4, -0.2) is 57.8 Å². The lowest BCUT2D eigenvalue weighted by Gasteiger charge is -2.49. The van der Waals surface area contributed by atoms with Gasteiger partial charge in [0.25, 0.3) is 0 Å². The Morgan fingerprint density at radius 1 is 0.403 bits per heavy atom. The number of ether oxygens (including phenoxy) is 5. The smallest absolute Gasteiger partial charge is 0.325 e. The molecule has 77 heavy (non-hydrogen) atoms. The van der Waals surface area contributed by atoms with Gasteiger partial charge in [0.05, 0.1) is 33.0 Å². The number of hydrogen-bond acceptors (Lipinski definition) is 8. The van der Waals surface area contributed by atoms with Gasteiger partial charge >= 0.3 is 7.60 Å². The van der Waals surface area contributed by atoms with Crippen molar-refractivity contribution < 1.29 is 42.2 Å². The monoisotopic (exact) mass is 1090 g/mol. The van der Waals surface area contributed by atoms with Crippen molar-refractivity contribution in [2.24, 2.45) is 0 Å². The summed E-state index contributed by atoms with van der Waals surface area (Å²) in [6.45, 7) is 4.05. The molecule has 420 valence electrons. The highest BCUT2D eigenvalue weighted by molar-refractivity contribution is 7.95. The molecule has 1 aliphatic carbocycles. The topological polar surface area (TPSA) is 113 Å². The molecule has 1 fully saturated rings. The Morgan fingerprint density at radius 3 is 1.01 bits per heavy atom. The summed E-state index contributed by atoms with van der Waals surface area (Å²) in [7, 11) is -3.86. The minimum Gasteiger partial charge on any atom is -0.368 e. The van der Waals surface area contributed by atoms with Crippen LogP contribution < -0.4 is 0 Å². The third kappa shape index (κ3) is 25.4. The SMILES string of the molecule is CCCCCCCCC(CCCCCC/C=C\CCCCCCCCP(=O)(O)O)SOC1[C@@H](OCc2ccccc2)[C@H](OCc2ccccc2)C(OCc2ccccc2)[C@H](OCc2ccccc2)[C@@H]1OCc1ccccc1. The van der Waals surface area contributed by atoms with Crippen LogP contribution in [-0.2, 0) is 65.5 Å². The highest BCUT2D eigenvalue weighted by atomic mass is 32.2. The van der Waals surface area contributed by atoms with E-state index < -0.39 is 44.2 Å². The fourth-order valence-electron chi connectivity index (χ4n) is 10.1. The first-order valence-electron chi connectivity index (χ1n) is 29.2. The van der Waals surface area contributed by atoms with Gasteiger partial charge in [-0.2, -0.15) is 0 Å². The number of allylic oxidation sites excluding steroid dienone is 2. The summed E-state index contributed by atoms with van der Waals surface area (Å²) >= 11 is 1.62. The average molecular weight is 1090 g/mol. The van der Waals surface area contributed by atoms with E-state index in [1.54, 1.807) is 12.0 Å². The second kappa shape index (κ2) is 37.9. The fraction of sp³-hybridized carbons (Fsp3) is 0.515. The third-order valence-corrected chi connectivity index (χ3v) is 16.4. The Kier molecular flexibility index (Phi) is 30.6. The van der Waals surface area contributed by atoms with E-state index in [9.17, 15) is 4.57 Å². The molecule has 0 heterocycles. The Balaban J connectivity index is 1.22. The van der Waals surface area contributed by atoms with Crippen LogP contribution in [0, 0.1) is 0 Å². The quantitative estimate of drug-likeness (QED) is 0.0170. The van der Waals surface area contributed by atoms with Gasteiger partial charge in [-0.1, -0.05) is 254 Å². The lowest BCUT2D eigenvalue weighted by Crippen LogP contribution is -2.67. The highest BCUT2D eigenvalue weighted by Crippen LogP contribution is 2.40. The highest BCUT2D eigenvalue weighted by Gasteiger charge is 2.55. The van der Waals surface area contributed by atoms with Crippen LogP contribution in [0.4, 0.5) is 0 Å². The van der Waals surface area contributed by atoms with Crippen molar-refractivity contribution in [3.8, 4) is 0 Å². The molecule has 7 atom stereocenters. The van der Waals surface area contributed by atoms with E-state index in [1.807, 2.05) is 66.7 Å². The maximum Gasteiger partial charge on any atom is 0.325 e. The number of benzene rings is 5. The predicted octanol–water partition coefficient (Wildman–Crippen LogP) is 16.9. The summed E-state index contributed by atoms with van der Waals surface area (Å²) in [4.78, 5) is 18.1. The van der Waals surface area contributed by atoms with Crippen LogP contribution in [0.25, 0.3) is 0 Å². The van der Waals surface area contributed by atoms with E-state index in [-0.39, 0.29) is 11.4 Å². The molecule has 0 aliphatic heterocycles. The van der Waals surface area contributed by atoms with Gasteiger partial charge < -0.3 is 37.7 Å². The first-order chi connectivity index (χ1) is 37.9. The Morgan fingerprint density at radius 2 is 0.688 bits per heavy atom. The lowest BCUT2D eigenvalue weighted by molar-refractivity contribution is -0.277. The van der Waals surface area contributed by atoms with Gasteiger partial charge in [-0.3, -0.25) is 4.57 Å². The minimum absolute atomic E-state index is 0.00830. The van der Waals surface area contributed by atoms with Gasteiger partial charge in [0.2, 0.25) is 0 Å². The summed E-state index contributed by atoms with van der Waals surface area (Å²) in [5, 5.41) is 0.288. The standard InChI is InChI=1S/C66H91O9PS/c1-2-3-4-5-16-34-47-60(48-35-17-14-12-10-8-6-7-9-11-13-15-18-36-49-76(67,68)69)77-75-66-64(73-53-58-43-30-22-31-44-58)62(71-51-56-39-26-20-27-40-56)61(70-50-55-37-24-19-25-38-55)63(72-52-57-41-28-21-29-42-57)65(66)74-54-59-45-32-23-33-46-59/h6,8,19-33,37-46,60-66H,2-5,7,9-18,34-36,47-54H2,1H3,(H2,67,68,69)/b8-6-/t60?,61?,62-,63+,64-,65-,66?/m0/s1. The predicted molar refractivity (Wildman–Crippen MR) is 315 cm³/mol. The van der Waals surface area contributed by atoms with Gasteiger partial charge in [-0.15, -0.1) is 0 Å². The van der Waals surface area contributed by atoms with Crippen molar-refractivity contribution in [2.45, 2.75) is 210 Å². The molecule has 1 saturated carbocycles. The number of rotatable bonds is 41. The second-order valence-corrected chi connectivity index (χ2v) is 23.7. The molecule has 11 heteroatoms. The molecular weight excluding hydrogens is 1000 g/mol. The van der Waals surface area contributed by atoms with Gasteiger partial charge in [0.15, 0.2) is 0 Å². The number of unbranched alkanes of at least 4 members (excludes halogenated alkanes) is 15. The van der Waals surface area contributed by atoms with Gasteiger partial charge in [0, 0.05) is 11.4 Å². The van der Waals surface area contributed by atoms with Gasteiger partial charge in [0.1, 0.15) is 36.6 Å². The lowest BCUT2D eigenvalue weighted by atomic mass is 9.83. The molecule has 6 rings (SSSR count). The average Bonchev–Trinajstić information content (AvgIpc) is 3.45. The van der Waals surface area contributed by atoms with Crippen molar-refractivity contribution >= 4 is 19.6 Å². The van der Waals surface area contributed by atoms with E-state index >= 15 is 0 Å². The van der Waals surface area contributed by atoms with Crippen LogP contribution in [0.5, 0.6) is 0 Å². The van der Waals surface area contributed by atoms with Crippen molar-refractivity contribution in [1.82, 2.24) is 0 Å². The molecule has 3 unspecified atom stereocenters. The molecule has 0 aromatic heterocycles. The molecule has 0 radical (unpaired) electrons. The molecule has 5 aromatic rings. The van der Waals surface area contributed by atoms with Crippen LogP contribution in [0.3, 0.4) is 0 Å². The van der Waals surface area contributed by atoms with Crippen LogP contribution >= 0.6 is 19.6 Å². The van der Waals surface area contributed by atoms with Crippen LogP contribution in [0.2, 0.25) is 0 Å². The van der Waals surface area contributed by atoms with Crippen molar-refractivity contribution in [1.29, 1.82) is 0 Å². The largest absolute Gasteiger partial charge is 0.368 e. The zero-order chi connectivity index (χ0) is 53.9. The van der Waals surface area contributed by atoms with Gasteiger partial charge in [-0.25, -0.2) is 0 Å². The molecule has 5 aromatic carbocycles. The summed E-state index contributed by atoms with van der Waals surface area (Å²) in [6, 6.07) is 51.7. The molecule has 0 saturated heterocycles. The van der Waals surface area contributed by atoms with Crippen LogP contribution in [0.1, 0.15) is 163 Å². The summed E-state index contributed by atoms with van der Waals surface area (Å²) in [5.74, 6) is 0.